The van der Waals surface area contributed by atoms with Gasteiger partial charge in [0, 0.05) is 6.20 Å². The average Bonchev–Trinajstić information content (AvgIpc) is 2.40. The minimum Gasteiger partial charge on any atom is -0.243 e. The second kappa shape index (κ2) is 5.08. The van der Waals surface area contributed by atoms with Gasteiger partial charge in [0.15, 0.2) is 5.03 Å². The van der Waals surface area contributed by atoms with Crippen LogP contribution in [0.2, 0.25) is 0 Å². The maximum atomic E-state index is 11.9. The van der Waals surface area contributed by atoms with E-state index in [-0.39, 0.29) is 9.92 Å². The van der Waals surface area contributed by atoms with Crippen LogP contribution in [0.5, 0.6) is 0 Å². The van der Waals surface area contributed by atoms with Gasteiger partial charge in [0.1, 0.15) is 0 Å². The highest BCUT2D eigenvalue weighted by molar-refractivity contribution is 8.04. The Morgan fingerprint density at radius 1 is 0.789 bits per heavy atom. The Balaban J connectivity index is 2.37. The van der Waals surface area contributed by atoms with Crippen LogP contribution < -0.4 is 4.13 Å². The van der Waals surface area contributed by atoms with Crippen molar-refractivity contribution in [3.63, 3.8) is 0 Å². The number of hydrogen-bond donors (Lipinski definition) is 1. The van der Waals surface area contributed by atoms with E-state index in [1.165, 1.54) is 48.7 Å². The molecule has 0 aliphatic heterocycles. The van der Waals surface area contributed by atoms with Crippen molar-refractivity contribution in [3.8, 4) is 0 Å². The molecule has 0 spiro atoms. The molecule has 1 N–H and O–H groups in total. The number of pyridine rings is 1. The number of benzene rings is 1. The molecule has 0 aliphatic rings. The van der Waals surface area contributed by atoms with Gasteiger partial charge in [-0.25, -0.2) is 21.8 Å². The van der Waals surface area contributed by atoms with E-state index in [1.54, 1.807) is 10.2 Å². The van der Waals surface area contributed by atoms with Crippen LogP contribution in [0, 0.1) is 0 Å². The molecular weight excluding hydrogens is 288 g/mol. The lowest BCUT2D eigenvalue weighted by Gasteiger charge is -2.06. The molecule has 2 rings (SSSR count). The number of hydrogen-bond acceptors (Lipinski definition) is 5. The highest BCUT2D eigenvalue weighted by Crippen LogP contribution is 2.11. The summed E-state index contributed by atoms with van der Waals surface area (Å²) in [5, 5.41) is -0.352. The second-order valence-electron chi connectivity index (χ2n) is 3.57. The van der Waals surface area contributed by atoms with Crippen LogP contribution in [0.25, 0.3) is 0 Å². The van der Waals surface area contributed by atoms with Gasteiger partial charge in [-0.1, -0.05) is 28.4 Å². The highest BCUT2D eigenvalue weighted by Gasteiger charge is 2.24. The predicted molar refractivity (Wildman–Crippen MR) is 68.2 cm³/mol. The lowest BCUT2D eigenvalue weighted by atomic mass is 10.4. The van der Waals surface area contributed by atoms with E-state index in [0.717, 1.165) is 0 Å². The zero-order chi connectivity index (χ0) is 13.9. The van der Waals surface area contributed by atoms with E-state index in [4.69, 9.17) is 0 Å². The monoisotopic (exact) mass is 298 g/mol. The van der Waals surface area contributed by atoms with Crippen molar-refractivity contribution in [1.29, 1.82) is 0 Å². The average molecular weight is 298 g/mol. The fraction of sp³-hybridized carbons (Fsp3) is 0. The van der Waals surface area contributed by atoms with Crippen LogP contribution in [0.3, 0.4) is 0 Å². The Bertz CT molecular complexity index is 689. The number of sulfonamides is 2. The SMILES string of the molecule is O=S(=O)(NS(=O)(=O)c1ccccn1)c1ccccc1. The molecule has 0 bridgehead atoms. The molecule has 0 amide bonds. The number of rotatable bonds is 4. The standard InChI is InChI=1S/C11H10N2O4S2/c14-18(15,10-6-2-1-3-7-10)13-19(16,17)11-8-4-5-9-12-11/h1-9,13H. The quantitative estimate of drug-likeness (QED) is 0.899. The van der Waals surface area contributed by atoms with Crippen LogP contribution in [0.15, 0.2) is 64.6 Å². The van der Waals surface area contributed by atoms with Gasteiger partial charge in [0.2, 0.25) is 0 Å². The number of nitrogens with zero attached hydrogens (tertiary/aromatic N) is 1. The lowest BCUT2D eigenvalue weighted by Crippen LogP contribution is -2.31. The molecule has 8 heteroatoms. The Hall–Kier alpha value is -1.77. The van der Waals surface area contributed by atoms with Crippen molar-refractivity contribution in [2.75, 3.05) is 0 Å². The topological polar surface area (TPSA) is 93.2 Å². The zero-order valence-electron chi connectivity index (χ0n) is 9.59. The summed E-state index contributed by atoms with van der Waals surface area (Å²) in [6, 6.07) is 11.4. The summed E-state index contributed by atoms with van der Waals surface area (Å²) in [6.07, 6.45) is 1.27. The molecule has 100 valence electrons. The highest BCUT2D eigenvalue weighted by atomic mass is 32.3. The van der Waals surface area contributed by atoms with Crippen molar-refractivity contribution in [2.24, 2.45) is 0 Å². The van der Waals surface area contributed by atoms with Gasteiger partial charge in [-0.3, -0.25) is 0 Å². The molecule has 1 aromatic heterocycles. The van der Waals surface area contributed by atoms with Gasteiger partial charge >= 0.3 is 0 Å². The maximum Gasteiger partial charge on any atom is 0.271 e. The molecule has 0 aliphatic carbocycles. The van der Waals surface area contributed by atoms with Crippen molar-refractivity contribution in [1.82, 2.24) is 9.11 Å². The van der Waals surface area contributed by atoms with E-state index >= 15 is 0 Å². The lowest BCUT2D eigenvalue weighted by molar-refractivity contribution is 0.574. The van der Waals surface area contributed by atoms with Gasteiger partial charge < -0.3 is 0 Å². The molecule has 0 fully saturated rings. The van der Waals surface area contributed by atoms with Crippen molar-refractivity contribution in [2.45, 2.75) is 9.92 Å². The summed E-state index contributed by atoms with van der Waals surface area (Å²) < 4.78 is 49.2. The Morgan fingerprint density at radius 3 is 2.00 bits per heavy atom. The van der Waals surface area contributed by atoms with Crippen LogP contribution in [0.1, 0.15) is 0 Å². The smallest absolute Gasteiger partial charge is 0.243 e. The van der Waals surface area contributed by atoms with E-state index in [0.29, 0.717) is 0 Å². The summed E-state index contributed by atoms with van der Waals surface area (Å²) in [6.45, 7) is 0. The minimum atomic E-state index is -4.22. The summed E-state index contributed by atoms with van der Waals surface area (Å²) in [4.78, 5) is 3.48. The molecular formula is C11H10N2O4S2. The Morgan fingerprint density at radius 2 is 1.42 bits per heavy atom. The van der Waals surface area contributed by atoms with E-state index in [1.807, 2.05) is 0 Å². The van der Waals surface area contributed by atoms with Gasteiger partial charge in [0.25, 0.3) is 20.0 Å². The van der Waals surface area contributed by atoms with E-state index in [9.17, 15) is 16.8 Å². The van der Waals surface area contributed by atoms with Crippen molar-refractivity contribution >= 4 is 20.0 Å². The molecule has 1 aromatic carbocycles. The molecule has 6 nitrogen and oxygen atoms in total. The zero-order valence-corrected chi connectivity index (χ0v) is 11.2. The Kier molecular flexibility index (Phi) is 3.65. The first kappa shape index (κ1) is 13.7. The molecule has 0 atom stereocenters. The predicted octanol–water partition coefficient (Wildman–Crippen LogP) is 0.749. The van der Waals surface area contributed by atoms with Gasteiger partial charge in [-0.15, -0.1) is 0 Å². The summed E-state index contributed by atoms with van der Waals surface area (Å²) in [5.41, 5.74) is 0. The molecule has 2 aromatic rings. The second-order valence-corrected chi connectivity index (χ2v) is 7.14. The van der Waals surface area contributed by atoms with Gasteiger partial charge in [0.05, 0.1) is 4.90 Å². The van der Waals surface area contributed by atoms with Crippen LogP contribution in [-0.2, 0) is 20.0 Å². The van der Waals surface area contributed by atoms with Crippen molar-refractivity contribution in [3.05, 3.63) is 54.7 Å². The third-order valence-corrected chi connectivity index (χ3v) is 5.63. The summed E-state index contributed by atoms with van der Waals surface area (Å²) in [7, 11) is -8.36. The fourth-order valence-corrected chi connectivity index (χ4v) is 4.20. The minimum absolute atomic E-state index is 0.130. The van der Waals surface area contributed by atoms with Gasteiger partial charge in [-0.05, 0) is 24.3 Å². The molecule has 0 saturated heterocycles. The molecule has 1 heterocycles. The third-order valence-electron chi connectivity index (χ3n) is 2.19. The number of nitrogens with one attached hydrogen (secondary N) is 1. The normalized spacial score (nSPS) is 12.2. The molecule has 19 heavy (non-hydrogen) atoms. The van der Waals surface area contributed by atoms with Crippen molar-refractivity contribution < 1.29 is 16.8 Å². The molecule has 0 radical (unpaired) electrons. The summed E-state index contributed by atoms with van der Waals surface area (Å²) in [5.74, 6) is 0. The van der Waals surface area contributed by atoms with Crippen LogP contribution in [-0.4, -0.2) is 21.8 Å². The van der Waals surface area contributed by atoms with Crippen LogP contribution in [0.4, 0.5) is 0 Å². The van der Waals surface area contributed by atoms with Gasteiger partial charge in [-0.2, -0.15) is 0 Å². The number of aromatic nitrogens is 1. The molecule has 0 saturated carbocycles. The first-order valence-corrected chi connectivity index (χ1v) is 8.13. The fourth-order valence-electron chi connectivity index (χ4n) is 1.34. The first-order chi connectivity index (χ1) is 8.92. The Labute approximate surface area is 111 Å². The first-order valence-electron chi connectivity index (χ1n) is 5.16. The summed E-state index contributed by atoms with van der Waals surface area (Å²) >= 11 is 0. The third kappa shape index (κ3) is 3.16. The largest absolute Gasteiger partial charge is 0.271 e. The van der Waals surface area contributed by atoms with E-state index in [2.05, 4.69) is 4.98 Å². The molecule has 0 unspecified atom stereocenters. The van der Waals surface area contributed by atoms with Crippen LogP contribution >= 0.6 is 0 Å². The van der Waals surface area contributed by atoms with E-state index < -0.39 is 20.0 Å². The maximum absolute atomic E-state index is 11.9.